The minimum Gasteiger partial charge on any atom is -0.496 e. The minimum absolute atomic E-state index is 0.0438. The van der Waals surface area contributed by atoms with Crippen LogP contribution >= 0.6 is 15.9 Å². The van der Waals surface area contributed by atoms with Gasteiger partial charge >= 0.3 is 6.61 Å². The molecular weight excluding hydrogens is 349 g/mol. The van der Waals surface area contributed by atoms with Gasteiger partial charge in [-0.25, -0.2) is 4.39 Å². The quantitative estimate of drug-likeness (QED) is 0.704. The molecule has 0 radical (unpaired) electrons. The molecule has 2 aromatic carbocycles. The highest BCUT2D eigenvalue weighted by molar-refractivity contribution is 9.09. The normalized spacial score (nSPS) is 12.3. The fourth-order valence-corrected chi connectivity index (χ4v) is 2.57. The van der Waals surface area contributed by atoms with E-state index in [-0.39, 0.29) is 5.75 Å². The highest BCUT2D eigenvalue weighted by Crippen LogP contribution is 2.38. The van der Waals surface area contributed by atoms with Crippen LogP contribution in [0.4, 0.5) is 13.2 Å². The molecule has 2 aromatic rings. The Morgan fingerprint density at radius 3 is 2.52 bits per heavy atom. The van der Waals surface area contributed by atoms with Crippen LogP contribution in [0, 0.1) is 5.82 Å². The lowest BCUT2D eigenvalue weighted by Crippen LogP contribution is -2.03. The Kier molecular flexibility index (Phi) is 5.12. The second kappa shape index (κ2) is 6.85. The molecule has 0 N–H and O–H groups in total. The van der Waals surface area contributed by atoms with Gasteiger partial charge in [-0.05, 0) is 35.9 Å². The topological polar surface area (TPSA) is 18.5 Å². The van der Waals surface area contributed by atoms with Crippen molar-refractivity contribution >= 4 is 15.9 Å². The van der Waals surface area contributed by atoms with Crippen molar-refractivity contribution in [3.63, 3.8) is 0 Å². The zero-order valence-corrected chi connectivity index (χ0v) is 12.6. The maximum absolute atomic E-state index is 13.4. The SMILES string of the molecule is COc1ccc(F)cc1C(Br)c1cccc(OC(F)F)c1. The summed E-state index contributed by atoms with van der Waals surface area (Å²) in [5, 5.41) is 0. The standard InChI is InChI=1S/C15H12BrF3O2/c1-20-13-6-5-10(17)8-12(13)14(16)9-3-2-4-11(7-9)21-15(18)19/h2-8,14-15H,1H3. The molecule has 0 aliphatic heterocycles. The summed E-state index contributed by atoms with van der Waals surface area (Å²) in [5.41, 5.74) is 1.21. The Labute approximate surface area is 128 Å². The molecule has 112 valence electrons. The van der Waals surface area contributed by atoms with Crippen LogP contribution in [0.1, 0.15) is 16.0 Å². The predicted octanol–water partition coefficient (Wildman–Crippen LogP) is 4.92. The van der Waals surface area contributed by atoms with E-state index in [0.29, 0.717) is 16.9 Å². The van der Waals surface area contributed by atoms with E-state index in [1.54, 1.807) is 12.1 Å². The van der Waals surface area contributed by atoms with E-state index in [4.69, 9.17) is 4.74 Å². The Hall–Kier alpha value is -1.69. The van der Waals surface area contributed by atoms with Gasteiger partial charge in [0.05, 0.1) is 11.9 Å². The van der Waals surface area contributed by atoms with Gasteiger partial charge in [-0.1, -0.05) is 28.1 Å². The third-order valence-corrected chi connectivity index (χ3v) is 3.86. The summed E-state index contributed by atoms with van der Waals surface area (Å²) < 4.78 is 47.5. The lowest BCUT2D eigenvalue weighted by atomic mass is 10.0. The second-order valence-corrected chi connectivity index (χ2v) is 5.12. The molecule has 0 aromatic heterocycles. The zero-order chi connectivity index (χ0) is 15.4. The Bertz CT molecular complexity index is 620. The third-order valence-electron chi connectivity index (χ3n) is 2.84. The number of hydrogen-bond donors (Lipinski definition) is 0. The van der Waals surface area contributed by atoms with Crippen LogP contribution in [0.3, 0.4) is 0 Å². The molecule has 0 saturated heterocycles. The molecule has 0 aliphatic carbocycles. The zero-order valence-electron chi connectivity index (χ0n) is 11.0. The molecule has 0 spiro atoms. The van der Waals surface area contributed by atoms with Crippen molar-refractivity contribution < 1.29 is 22.6 Å². The first-order valence-electron chi connectivity index (χ1n) is 6.03. The summed E-state index contributed by atoms with van der Waals surface area (Å²) in [4.78, 5) is -0.413. The Balaban J connectivity index is 2.35. The largest absolute Gasteiger partial charge is 0.496 e. The van der Waals surface area contributed by atoms with Crippen molar-refractivity contribution in [2.45, 2.75) is 11.4 Å². The highest BCUT2D eigenvalue weighted by atomic mass is 79.9. The van der Waals surface area contributed by atoms with Crippen molar-refractivity contribution in [3.8, 4) is 11.5 Å². The van der Waals surface area contributed by atoms with Crippen molar-refractivity contribution in [1.82, 2.24) is 0 Å². The fraction of sp³-hybridized carbons (Fsp3) is 0.200. The Morgan fingerprint density at radius 2 is 1.86 bits per heavy atom. The average Bonchev–Trinajstić information content (AvgIpc) is 2.46. The molecule has 2 nitrogen and oxygen atoms in total. The van der Waals surface area contributed by atoms with E-state index in [0.717, 1.165) is 0 Å². The van der Waals surface area contributed by atoms with Gasteiger partial charge in [0.1, 0.15) is 17.3 Å². The summed E-state index contributed by atoms with van der Waals surface area (Å²) in [6.07, 6.45) is 0. The van der Waals surface area contributed by atoms with E-state index in [1.165, 1.54) is 37.4 Å². The molecule has 0 bridgehead atoms. The molecule has 0 amide bonds. The highest BCUT2D eigenvalue weighted by Gasteiger charge is 2.17. The second-order valence-electron chi connectivity index (χ2n) is 4.20. The van der Waals surface area contributed by atoms with E-state index in [9.17, 15) is 13.2 Å². The van der Waals surface area contributed by atoms with Crippen molar-refractivity contribution in [2.75, 3.05) is 7.11 Å². The number of halogens is 4. The van der Waals surface area contributed by atoms with Gasteiger partial charge in [0.25, 0.3) is 0 Å². The van der Waals surface area contributed by atoms with Gasteiger partial charge < -0.3 is 9.47 Å². The van der Waals surface area contributed by atoms with E-state index in [2.05, 4.69) is 20.7 Å². The number of benzene rings is 2. The number of methoxy groups -OCH3 is 1. The van der Waals surface area contributed by atoms with Crippen molar-refractivity contribution in [2.24, 2.45) is 0 Å². The summed E-state index contributed by atoms with van der Waals surface area (Å²) in [6, 6.07) is 10.3. The molecule has 6 heteroatoms. The molecule has 1 unspecified atom stereocenters. The van der Waals surface area contributed by atoms with Crippen LogP contribution < -0.4 is 9.47 Å². The van der Waals surface area contributed by atoms with Crippen LogP contribution in [0.25, 0.3) is 0 Å². The van der Waals surface area contributed by atoms with Gasteiger partial charge in [-0.2, -0.15) is 8.78 Å². The molecule has 21 heavy (non-hydrogen) atoms. The first-order chi connectivity index (χ1) is 10.0. The first-order valence-corrected chi connectivity index (χ1v) is 6.95. The van der Waals surface area contributed by atoms with E-state index >= 15 is 0 Å². The van der Waals surface area contributed by atoms with Crippen LogP contribution in [0.2, 0.25) is 0 Å². The number of ether oxygens (including phenoxy) is 2. The maximum Gasteiger partial charge on any atom is 0.387 e. The average molecular weight is 361 g/mol. The molecule has 0 heterocycles. The lowest BCUT2D eigenvalue weighted by Gasteiger charge is -2.16. The smallest absolute Gasteiger partial charge is 0.387 e. The third kappa shape index (κ3) is 3.91. The molecule has 0 saturated carbocycles. The number of hydrogen-bond acceptors (Lipinski definition) is 2. The van der Waals surface area contributed by atoms with Gasteiger partial charge in [0.2, 0.25) is 0 Å². The van der Waals surface area contributed by atoms with Gasteiger partial charge in [-0.15, -0.1) is 0 Å². The Morgan fingerprint density at radius 1 is 1.10 bits per heavy atom. The molecule has 2 rings (SSSR count). The fourth-order valence-electron chi connectivity index (χ4n) is 1.93. The van der Waals surface area contributed by atoms with E-state index < -0.39 is 17.3 Å². The molecular formula is C15H12BrF3O2. The lowest BCUT2D eigenvalue weighted by molar-refractivity contribution is -0.0498. The van der Waals surface area contributed by atoms with E-state index in [1.807, 2.05) is 0 Å². The van der Waals surface area contributed by atoms with Crippen LogP contribution in [-0.4, -0.2) is 13.7 Å². The number of rotatable bonds is 5. The minimum atomic E-state index is -2.89. The summed E-state index contributed by atoms with van der Waals surface area (Å²) in [5.74, 6) is 0.135. The van der Waals surface area contributed by atoms with Crippen LogP contribution in [-0.2, 0) is 0 Å². The van der Waals surface area contributed by atoms with Gasteiger partial charge in [-0.3, -0.25) is 0 Å². The van der Waals surface area contributed by atoms with Crippen molar-refractivity contribution in [1.29, 1.82) is 0 Å². The monoisotopic (exact) mass is 360 g/mol. The van der Waals surface area contributed by atoms with Gasteiger partial charge in [0, 0.05) is 5.56 Å². The first kappa shape index (κ1) is 15.7. The van der Waals surface area contributed by atoms with Crippen LogP contribution in [0.15, 0.2) is 42.5 Å². The van der Waals surface area contributed by atoms with Crippen molar-refractivity contribution in [3.05, 3.63) is 59.4 Å². The van der Waals surface area contributed by atoms with Crippen LogP contribution in [0.5, 0.6) is 11.5 Å². The summed E-state index contributed by atoms with van der Waals surface area (Å²) in [7, 11) is 1.48. The molecule has 1 atom stereocenters. The molecule has 0 fully saturated rings. The molecule has 0 aliphatic rings. The summed E-state index contributed by atoms with van der Waals surface area (Å²) in [6.45, 7) is -2.89. The van der Waals surface area contributed by atoms with Gasteiger partial charge in [0.15, 0.2) is 0 Å². The number of alkyl halides is 3. The maximum atomic E-state index is 13.4. The summed E-state index contributed by atoms with van der Waals surface area (Å²) >= 11 is 3.43. The predicted molar refractivity (Wildman–Crippen MR) is 76.8 cm³/mol.